The van der Waals surface area contributed by atoms with Crippen molar-refractivity contribution in [1.29, 1.82) is 0 Å². The van der Waals surface area contributed by atoms with Crippen LogP contribution in [0.5, 0.6) is 5.75 Å². The van der Waals surface area contributed by atoms with Gasteiger partial charge in [-0.25, -0.2) is 0 Å². The highest BCUT2D eigenvalue weighted by Gasteiger charge is 2.05. The molecule has 0 atom stereocenters. The van der Waals surface area contributed by atoms with Crippen molar-refractivity contribution in [2.45, 2.75) is 40.2 Å². The molecule has 0 radical (unpaired) electrons. The minimum atomic E-state index is 0.589. The zero-order valence-corrected chi connectivity index (χ0v) is 15.4. The summed E-state index contributed by atoms with van der Waals surface area (Å²) in [7, 11) is 0. The Labute approximate surface area is 151 Å². The van der Waals surface area contributed by atoms with Crippen molar-refractivity contribution in [2.75, 3.05) is 0 Å². The molecule has 0 saturated heterocycles. The van der Waals surface area contributed by atoms with Crippen LogP contribution in [0.15, 0.2) is 66.7 Å². The molecule has 3 rings (SSSR count). The van der Waals surface area contributed by atoms with Gasteiger partial charge >= 0.3 is 0 Å². The lowest BCUT2D eigenvalue weighted by Gasteiger charge is -2.11. The van der Waals surface area contributed by atoms with E-state index < -0.39 is 0 Å². The molecule has 3 aromatic carbocycles. The van der Waals surface area contributed by atoms with Crippen molar-refractivity contribution in [3.05, 3.63) is 89.0 Å². The molecule has 0 fully saturated rings. The second-order valence-electron chi connectivity index (χ2n) is 6.63. The van der Waals surface area contributed by atoms with Crippen molar-refractivity contribution in [3.63, 3.8) is 0 Å². The fourth-order valence-corrected chi connectivity index (χ4v) is 3.10. The molecule has 0 bridgehead atoms. The zero-order valence-electron chi connectivity index (χ0n) is 15.4. The second-order valence-corrected chi connectivity index (χ2v) is 6.63. The van der Waals surface area contributed by atoms with Gasteiger partial charge in [0.05, 0.1) is 0 Å². The summed E-state index contributed by atoms with van der Waals surface area (Å²) in [6, 6.07) is 23.6. The van der Waals surface area contributed by atoms with E-state index in [-0.39, 0.29) is 0 Å². The predicted molar refractivity (Wildman–Crippen MR) is 106 cm³/mol. The average molecular weight is 330 g/mol. The van der Waals surface area contributed by atoms with Crippen molar-refractivity contribution >= 4 is 0 Å². The Kier molecular flexibility index (Phi) is 5.55. The molecule has 0 N–H and O–H groups in total. The van der Waals surface area contributed by atoms with Crippen LogP contribution in [0.4, 0.5) is 0 Å². The van der Waals surface area contributed by atoms with E-state index in [1.165, 1.54) is 39.8 Å². The number of rotatable bonds is 6. The minimum absolute atomic E-state index is 0.589. The fourth-order valence-electron chi connectivity index (χ4n) is 3.10. The standard InChI is InChI=1S/C24H26O/c1-4-7-20-12-14-23(15-13-20)25-17-21-9-6-10-22(16-21)24-11-5-8-18(2)19(24)3/h5-6,8-16H,4,7,17H2,1-3H3. The normalized spacial score (nSPS) is 10.7. The van der Waals surface area contributed by atoms with Crippen LogP contribution >= 0.6 is 0 Å². The van der Waals surface area contributed by atoms with Crippen LogP contribution in [0.3, 0.4) is 0 Å². The van der Waals surface area contributed by atoms with Gasteiger partial charge in [-0.1, -0.05) is 61.9 Å². The summed E-state index contributed by atoms with van der Waals surface area (Å²) in [5.74, 6) is 0.928. The SMILES string of the molecule is CCCc1ccc(OCc2cccc(-c3cccc(C)c3C)c2)cc1. The lowest BCUT2D eigenvalue weighted by molar-refractivity contribution is 0.306. The Morgan fingerprint density at radius 1 is 0.800 bits per heavy atom. The van der Waals surface area contributed by atoms with Crippen molar-refractivity contribution < 1.29 is 4.74 Å². The third-order valence-electron chi connectivity index (χ3n) is 4.71. The third-order valence-corrected chi connectivity index (χ3v) is 4.71. The monoisotopic (exact) mass is 330 g/mol. The Morgan fingerprint density at radius 3 is 2.32 bits per heavy atom. The number of hydrogen-bond acceptors (Lipinski definition) is 1. The first-order valence-electron chi connectivity index (χ1n) is 9.04. The van der Waals surface area contributed by atoms with E-state index in [9.17, 15) is 0 Å². The molecule has 0 saturated carbocycles. The molecule has 1 nitrogen and oxygen atoms in total. The predicted octanol–water partition coefficient (Wildman–Crippen LogP) is 6.50. The summed E-state index contributed by atoms with van der Waals surface area (Å²) in [6.07, 6.45) is 2.30. The first-order valence-corrected chi connectivity index (χ1v) is 9.04. The number of hydrogen-bond donors (Lipinski definition) is 0. The van der Waals surface area contributed by atoms with E-state index in [0.29, 0.717) is 6.61 Å². The minimum Gasteiger partial charge on any atom is -0.489 e. The Hall–Kier alpha value is -2.54. The Morgan fingerprint density at radius 2 is 1.56 bits per heavy atom. The lowest BCUT2D eigenvalue weighted by Crippen LogP contribution is -1.96. The van der Waals surface area contributed by atoms with Crippen LogP contribution < -0.4 is 4.74 Å². The molecular formula is C24H26O. The summed E-state index contributed by atoms with van der Waals surface area (Å²) < 4.78 is 5.97. The highest BCUT2D eigenvalue weighted by molar-refractivity contribution is 5.69. The maximum atomic E-state index is 5.97. The van der Waals surface area contributed by atoms with Crippen molar-refractivity contribution in [3.8, 4) is 16.9 Å². The van der Waals surface area contributed by atoms with Gasteiger partial charge in [0.15, 0.2) is 0 Å². The van der Waals surface area contributed by atoms with E-state index in [0.717, 1.165) is 12.2 Å². The van der Waals surface area contributed by atoms with Crippen LogP contribution in [0.1, 0.15) is 35.6 Å². The first-order chi connectivity index (χ1) is 12.2. The number of ether oxygens (including phenoxy) is 1. The van der Waals surface area contributed by atoms with Gasteiger partial charge in [-0.2, -0.15) is 0 Å². The summed E-state index contributed by atoms with van der Waals surface area (Å²) in [5, 5.41) is 0. The van der Waals surface area contributed by atoms with Crippen LogP contribution in [0, 0.1) is 13.8 Å². The Balaban J connectivity index is 1.72. The van der Waals surface area contributed by atoms with E-state index in [2.05, 4.69) is 87.5 Å². The molecule has 1 heteroatoms. The molecule has 25 heavy (non-hydrogen) atoms. The second kappa shape index (κ2) is 8.02. The molecule has 0 aromatic heterocycles. The largest absolute Gasteiger partial charge is 0.489 e. The molecule has 0 heterocycles. The van der Waals surface area contributed by atoms with Crippen molar-refractivity contribution in [2.24, 2.45) is 0 Å². The molecule has 0 aliphatic rings. The third kappa shape index (κ3) is 4.30. The first kappa shape index (κ1) is 17.3. The lowest BCUT2D eigenvalue weighted by atomic mass is 9.96. The number of benzene rings is 3. The summed E-state index contributed by atoms with van der Waals surface area (Å²) in [6.45, 7) is 7.14. The molecule has 0 spiro atoms. The zero-order chi connectivity index (χ0) is 17.6. The van der Waals surface area contributed by atoms with Crippen LogP contribution in [0.25, 0.3) is 11.1 Å². The molecular weight excluding hydrogens is 304 g/mol. The maximum absolute atomic E-state index is 5.97. The fraction of sp³-hybridized carbons (Fsp3) is 0.250. The number of aryl methyl sites for hydroxylation is 2. The Bertz CT molecular complexity index is 831. The average Bonchev–Trinajstić information content (AvgIpc) is 2.64. The highest BCUT2D eigenvalue weighted by atomic mass is 16.5. The van der Waals surface area contributed by atoms with E-state index >= 15 is 0 Å². The van der Waals surface area contributed by atoms with E-state index in [1.54, 1.807) is 0 Å². The van der Waals surface area contributed by atoms with Gasteiger partial charge in [0.1, 0.15) is 12.4 Å². The smallest absolute Gasteiger partial charge is 0.119 e. The quantitative estimate of drug-likeness (QED) is 0.501. The summed E-state index contributed by atoms with van der Waals surface area (Å²) >= 11 is 0. The molecule has 0 unspecified atom stereocenters. The molecule has 0 aliphatic heterocycles. The van der Waals surface area contributed by atoms with E-state index in [4.69, 9.17) is 4.74 Å². The molecule has 3 aromatic rings. The van der Waals surface area contributed by atoms with Gasteiger partial charge in [-0.05, 0) is 71.8 Å². The van der Waals surface area contributed by atoms with Crippen LogP contribution in [-0.4, -0.2) is 0 Å². The summed E-state index contributed by atoms with van der Waals surface area (Å²) in [5.41, 5.74) is 7.77. The van der Waals surface area contributed by atoms with Crippen LogP contribution in [-0.2, 0) is 13.0 Å². The van der Waals surface area contributed by atoms with Gasteiger partial charge in [-0.3, -0.25) is 0 Å². The van der Waals surface area contributed by atoms with Gasteiger partial charge < -0.3 is 4.74 Å². The maximum Gasteiger partial charge on any atom is 0.119 e. The summed E-state index contributed by atoms with van der Waals surface area (Å²) in [4.78, 5) is 0. The molecule has 0 aliphatic carbocycles. The van der Waals surface area contributed by atoms with E-state index in [1.807, 2.05) is 0 Å². The molecule has 0 amide bonds. The van der Waals surface area contributed by atoms with Crippen LogP contribution in [0.2, 0.25) is 0 Å². The van der Waals surface area contributed by atoms with Gasteiger partial charge in [0.2, 0.25) is 0 Å². The molecule has 128 valence electrons. The van der Waals surface area contributed by atoms with Gasteiger partial charge in [-0.15, -0.1) is 0 Å². The van der Waals surface area contributed by atoms with Gasteiger partial charge in [0.25, 0.3) is 0 Å². The van der Waals surface area contributed by atoms with Gasteiger partial charge in [0, 0.05) is 0 Å². The highest BCUT2D eigenvalue weighted by Crippen LogP contribution is 2.26. The van der Waals surface area contributed by atoms with Crippen molar-refractivity contribution in [1.82, 2.24) is 0 Å². The topological polar surface area (TPSA) is 9.23 Å².